The van der Waals surface area contributed by atoms with Crippen LogP contribution in [0.4, 0.5) is 8.78 Å². The lowest BCUT2D eigenvalue weighted by Gasteiger charge is -2.29. The molecule has 1 saturated heterocycles. The molecule has 1 unspecified atom stereocenters. The van der Waals surface area contributed by atoms with Crippen molar-refractivity contribution < 1.29 is 27.9 Å². The van der Waals surface area contributed by atoms with Crippen molar-refractivity contribution in [3.8, 4) is 5.75 Å². The summed E-state index contributed by atoms with van der Waals surface area (Å²) in [4.78, 5) is 42.5. The highest BCUT2D eigenvalue weighted by Gasteiger charge is 2.42. The smallest absolute Gasteiger partial charge is 0.264 e. The van der Waals surface area contributed by atoms with E-state index in [2.05, 4.69) is 5.32 Å². The third-order valence-corrected chi connectivity index (χ3v) is 6.28. The second-order valence-corrected chi connectivity index (χ2v) is 8.89. The number of rotatable bonds is 8. The van der Waals surface area contributed by atoms with E-state index in [0.717, 1.165) is 28.2 Å². The third-order valence-electron chi connectivity index (χ3n) is 6.28. The van der Waals surface area contributed by atoms with Crippen molar-refractivity contribution in [3.63, 3.8) is 0 Å². The molecule has 3 aromatic rings. The Labute approximate surface area is 219 Å². The molecule has 0 aromatic heterocycles. The van der Waals surface area contributed by atoms with Gasteiger partial charge < -0.3 is 25.6 Å². The van der Waals surface area contributed by atoms with Crippen molar-refractivity contribution >= 4 is 17.7 Å². The number of amides is 3. The molecule has 198 valence electrons. The Balaban J connectivity index is 1.58. The molecular formula is C28H28F2N4O4. The van der Waals surface area contributed by atoms with Crippen LogP contribution in [0.2, 0.25) is 0 Å². The fourth-order valence-corrected chi connectivity index (χ4v) is 4.43. The van der Waals surface area contributed by atoms with Gasteiger partial charge in [-0.05, 0) is 41.0 Å². The van der Waals surface area contributed by atoms with Crippen LogP contribution in [0.25, 0.3) is 0 Å². The Morgan fingerprint density at radius 1 is 0.921 bits per heavy atom. The number of ether oxygens (including phenoxy) is 1. The van der Waals surface area contributed by atoms with Crippen LogP contribution >= 0.6 is 0 Å². The minimum Gasteiger partial charge on any atom is -0.497 e. The van der Waals surface area contributed by atoms with E-state index >= 15 is 0 Å². The summed E-state index contributed by atoms with van der Waals surface area (Å²) < 4.78 is 32.9. The van der Waals surface area contributed by atoms with Crippen LogP contribution < -0.4 is 15.8 Å². The number of hydrogen-bond donors (Lipinski definition) is 2. The average molecular weight is 523 g/mol. The van der Waals surface area contributed by atoms with Gasteiger partial charge in [0.1, 0.15) is 17.4 Å². The zero-order valence-corrected chi connectivity index (χ0v) is 20.8. The number of benzene rings is 3. The number of nitrogens with zero attached hydrogens (tertiary/aromatic N) is 2. The minimum absolute atomic E-state index is 0.0154. The molecule has 0 bridgehead atoms. The molecular weight excluding hydrogens is 494 g/mol. The number of carbonyl (C=O) groups excluding carboxylic acids is 3. The normalized spacial score (nSPS) is 14.9. The second kappa shape index (κ2) is 11.8. The summed E-state index contributed by atoms with van der Waals surface area (Å²) in [6, 6.07) is 16.8. The van der Waals surface area contributed by atoms with Gasteiger partial charge in [-0.25, -0.2) is 8.78 Å². The number of hydrogen-bond acceptors (Lipinski definition) is 5. The second-order valence-electron chi connectivity index (χ2n) is 8.89. The van der Waals surface area contributed by atoms with Crippen molar-refractivity contribution in [3.05, 3.63) is 101 Å². The van der Waals surface area contributed by atoms with Crippen molar-refractivity contribution in [2.24, 2.45) is 5.73 Å². The first-order valence-electron chi connectivity index (χ1n) is 12.0. The Morgan fingerprint density at radius 3 is 2.29 bits per heavy atom. The SMILES string of the molecule is COc1cccc(CC(=O)N2CCN(C(=O)c3cc(F)cc(F)c3)C2C(=O)NCc2cccc(CN)c2)c1. The molecule has 0 radical (unpaired) electrons. The van der Waals surface area contributed by atoms with Crippen molar-refractivity contribution in [1.29, 1.82) is 0 Å². The van der Waals surface area contributed by atoms with E-state index in [4.69, 9.17) is 10.5 Å². The Bertz CT molecular complexity index is 1330. The number of methoxy groups -OCH3 is 1. The maximum absolute atomic E-state index is 13.8. The van der Waals surface area contributed by atoms with Gasteiger partial charge in [0.25, 0.3) is 11.8 Å². The average Bonchev–Trinajstić information content (AvgIpc) is 3.36. The topological polar surface area (TPSA) is 105 Å². The molecule has 3 aromatic carbocycles. The fraction of sp³-hybridized carbons (Fsp3) is 0.250. The molecule has 10 heteroatoms. The molecule has 3 N–H and O–H groups in total. The number of halogens is 2. The van der Waals surface area contributed by atoms with Crippen LogP contribution in [-0.2, 0) is 29.1 Å². The third kappa shape index (κ3) is 6.15. The van der Waals surface area contributed by atoms with Crippen LogP contribution in [0.1, 0.15) is 27.0 Å². The van der Waals surface area contributed by atoms with Gasteiger partial charge in [0, 0.05) is 37.8 Å². The minimum atomic E-state index is -1.30. The lowest BCUT2D eigenvalue weighted by atomic mass is 10.1. The molecule has 8 nitrogen and oxygen atoms in total. The zero-order valence-electron chi connectivity index (χ0n) is 20.8. The molecule has 0 saturated carbocycles. The van der Waals surface area contributed by atoms with E-state index in [1.54, 1.807) is 24.3 Å². The quantitative estimate of drug-likeness (QED) is 0.473. The molecule has 38 heavy (non-hydrogen) atoms. The van der Waals surface area contributed by atoms with E-state index in [-0.39, 0.29) is 37.5 Å². The van der Waals surface area contributed by atoms with Gasteiger partial charge in [0.05, 0.1) is 13.5 Å². The molecule has 3 amide bonds. The molecule has 1 aliphatic rings. The predicted octanol–water partition coefficient (Wildman–Crippen LogP) is 2.60. The lowest BCUT2D eigenvalue weighted by Crippen LogP contribution is -2.54. The Hall–Kier alpha value is -4.31. The Morgan fingerprint density at radius 2 is 1.58 bits per heavy atom. The van der Waals surface area contributed by atoms with Crippen LogP contribution in [-0.4, -0.2) is 53.9 Å². The lowest BCUT2D eigenvalue weighted by molar-refractivity contribution is -0.141. The molecule has 4 rings (SSSR count). The van der Waals surface area contributed by atoms with E-state index in [1.165, 1.54) is 12.0 Å². The molecule has 1 heterocycles. The maximum Gasteiger partial charge on any atom is 0.264 e. The predicted molar refractivity (Wildman–Crippen MR) is 136 cm³/mol. The van der Waals surface area contributed by atoms with Crippen molar-refractivity contribution in [2.75, 3.05) is 20.2 Å². The van der Waals surface area contributed by atoms with Crippen LogP contribution in [0.5, 0.6) is 5.75 Å². The highest BCUT2D eigenvalue weighted by molar-refractivity contribution is 5.99. The summed E-state index contributed by atoms with van der Waals surface area (Å²) in [5.41, 5.74) is 7.79. The fourth-order valence-electron chi connectivity index (χ4n) is 4.43. The highest BCUT2D eigenvalue weighted by Crippen LogP contribution is 2.22. The summed E-state index contributed by atoms with van der Waals surface area (Å²) in [6.45, 7) is 0.565. The van der Waals surface area contributed by atoms with Gasteiger partial charge in [0.15, 0.2) is 6.17 Å². The standard InChI is InChI=1S/C28H28F2N4O4/c1-38-24-7-3-4-18(11-24)12-25(35)33-8-9-34(28(37)21-13-22(29)15-23(30)14-21)27(33)26(36)32-17-20-6-2-5-19(10-20)16-31/h2-7,10-11,13-15,27H,8-9,12,16-17,31H2,1H3,(H,32,36). The van der Waals surface area contributed by atoms with E-state index in [1.807, 2.05) is 24.3 Å². The van der Waals surface area contributed by atoms with Crippen molar-refractivity contribution in [1.82, 2.24) is 15.1 Å². The summed E-state index contributed by atoms with van der Waals surface area (Å²) >= 11 is 0. The molecule has 1 fully saturated rings. The van der Waals surface area contributed by atoms with Gasteiger partial charge in [-0.3, -0.25) is 14.4 Å². The van der Waals surface area contributed by atoms with Crippen LogP contribution in [0.3, 0.4) is 0 Å². The van der Waals surface area contributed by atoms with E-state index in [9.17, 15) is 23.2 Å². The van der Waals surface area contributed by atoms with Crippen molar-refractivity contribution in [2.45, 2.75) is 25.7 Å². The number of carbonyl (C=O) groups is 3. The first-order valence-corrected chi connectivity index (χ1v) is 12.0. The molecule has 0 aliphatic carbocycles. The van der Waals surface area contributed by atoms with E-state index in [0.29, 0.717) is 23.9 Å². The maximum atomic E-state index is 13.8. The van der Waals surface area contributed by atoms with Crippen LogP contribution in [0.15, 0.2) is 66.7 Å². The molecule has 1 atom stereocenters. The first-order chi connectivity index (χ1) is 18.3. The summed E-state index contributed by atoms with van der Waals surface area (Å²) in [6.07, 6.45) is -1.33. The first kappa shape index (κ1) is 26.7. The monoisotopic (exact) mass is 522 g/mol. The summed E-state index contributed by atoms with van der Waals surface area (Å²) in [7, 11) is 1.52. The van der Waals surface area contributed by atoms with Gasteiger partial charge in [-0.15, -0.1) is 0 Å². The van der Waals surface area contributed by atoms with Gasteiger partial charge in [-0.1, -0.05) is 36.4 Å². The Kier molecular flexibility index (Phi) is 8.32. The number of nitrogens with two attached hydrogens (primary N) is 1. The highest BCUT2D eigenvalue weighted by atomic mass is 19.1. The molecule has 1 aliphatic heterocycles. The zero-order chi connectivity index (χ0) is 27.2. The summed E-state index contributed by atoms with van der Waals surface area (Å²) in [5.74, 6) is -2.99. The van der Waals surface area contributed by atoms with E-state index < -0.39 is 29.6 Å². The molecule has 0 spiro atoms. The van der Waals surface area contributed by atoms with Gasteiger partial charge >= 0.3 is 0 Å². The van der Waals surface area contributed by atoms with Gasteiger partial charge in [-0.2, -0.15) is 0 Å². The summed E-state index contributed by atoms with van der Waals surface area (Å²) in [5, 5.41) is 2.78. The largest absolute Gasteiger partial charge is 0.497 e. The van der Waals surface area contributed by atoms with Gasteiger partial charge in [0.2, 0.25) is 5.91 Å². The number of nitrogens with one attached hydrogen (secondary N) is 1. The van der Waals surface area contributed by atoms with Crippen LogP contribution in [0, 0.1) is 11.6 Å².